The predicted molar refractivity (Wildman–Crippen MR) is 125 cm³/mol. The molecule has 33 heavy (non-hydrogen) atoms. The number of Topliss-reactive ketones (excluding diaryl/α,β-unsaturated/α-hetero) is 1. The van der Waals surface area contributed by atoms with Crippen molar-refractivity contribution in [1.82, 2.24) is 5.32 Å². The van der Waals surface area contributed by atoms with Gasteiger partial charge in [-0.05, 0) is 30.2 Å². The molecule has 3 aromatic carbocycles. The van der Waals surface area contributed by atoms with E-state index in [-0.39, 0.29) is 13.2 Å². The Morgan fingerprint density at radius 3 is 2.06 bits per heavy atom. The predicted octanol–water partition coefficient (Wildman–Crippen LogP) is 5.37. The Hall–Kier alpha value is -3.64. The fraction of sp³-hybridized carbons (Fsp3) is 0.192. The van der Waals surface area contributed by atoms with Crippen LogP contribution >= 0.6 is 11.6 Å². The van der Waals surface area contributed by atoms with Crippen LogP contribution in [-0.2, 0) is 20.9 Å². The molecule has 0 bridgehead atoms. The largest absolute Gasteiger partial charge is 0.465 e. The van der Waals surface area contributed by atoms with Gasteiger partial charge in [-0.2, -0.15) is 0 Å². The minimum absolute atomic E-state index is 0.0384. The van der Waals surface area contributed by atoms with Crippen LogP contribution in [0.5, 0.6) is 0 Å². The van der Waals surface area contributed by atoms with Gasteiger partial charge in [0.2, 0.25) is 0 Å². The maximum atomic E-state index is 13.4. The van der Waals surface area contributed by atoms with Gasteiger partial charge in [0.15, 0.2) is 5.78 Å². The first-order chi connectivity index (χ1) is 16.0. The Kier molecular flexibility index (Phi) is 8.61. The normalized spacial score (nSPS) is 12.3. The van der Waals surface area contributed by atoms with Gasteiger partial charge in [-0.25, -0.2) is 4.79 Å². The molecule has 0 radical (unpaired) electrons. The molecule has 0 saturated heterocycles. The molecule has 0 heterocycles. The minimum Gasteiger partial charge on any atom is -0.465 e. The van der Waals surface area contributed by atoms with Gasteiger partial charge >= 0.3 is 12.1 Å². The molecule has 1 amide bonds. The van der Waals surface area contributed by atoms with Crippen LogP contribution < -0.4 is 5.32 Å². The van der Waals surface area contributed by atoms with E-state index in [9.17, 15) is 14.4 Å². The van der Waals surface area contributed by atoms with E-state index in [4.69, 9.17) is 21.1 Å². The number of alkyl carbamates (subject to hydrolysis) is 1. The van der Waals surface area contributed by atoms with Crippen molar-refractivity contribution < 1.29 is 23.9 Å². The number of amides is 1. The standard InChI is InChI=1S/C26H24ClNO5/c1-2-32-25(30)22(24(29)20-11-7-4-8-12-20)23(19-13-15-21(27)16-14-19)28-26(31)33-17-18-9-5-3-6-10-18/h3-16,22-23H,2,17H2,1H3,(H,28,31). The number of hydrogen-bond acceptors (Lipinski definition) is 5. The Morgan fingerprint density at radius 1 is 0.848 bits per heavy atom. The van der Waals surface area contributed by atoms with Gasteiger partial charge in [0.1, 0.15) is 12.5 Å². The van der Waals surface area contributed by atoms with Crippen LogP contribution in [0.25, 0.3) is 0 Å². The lowest BCUT2D eigenvalue weighted by Gasteiger charge is -2.26. The highest BCUT2D eigenvalue weighted by atomic mass is 35.5. The van der Waals surface area contributed by atoms with Gasteiger partial charge in [0.05, 0.1) is 12.6 Å². The zero-order valence-electron chi connectivity index (χ0n) is 18.1. The number of carbonyl (C=O) groups is 3. The lowest BCUT2D eigenvalue weighted by atomic mass is 9.86. The number of halogens is 1. The Balaban J connectivity index is 1.92. The number of hydrogen-bond donors (Lipinski definition) is 1. The highest BCUT2D eigenvalue weighted by Crippen LogP contribution is 2.28. The summed E-state index contributed by atoms with van der Waals surface area (Å²) in [6.07, 6.45) is -0.769. The van der Waals surface area contributed by atoms with Gasteiger partial charge in [0.25, 0.3) is 0 Å². The molecule has 0 aromatic heterocycles. The van der Waals surface area contributed by atoms with Crippen molar-refractivity contribution in [1.29, 1.82) is 0 Å². The molecule has 3 aromatic rings. The van der Waals surface area contributed by atoms with Gasteiger partial charge < -0.3 is 14.8 Å². The SMILES string of the molecule is CCOC(=O)C(C(=O)c1ccccc1)C(NC(=O)OCc1ccccc1)c1ccc(Cl)cc1. The lowest BCUT2D eigenvalue weighted by molar-refractivity contribution is -0.147. The van der Waals surface area contributed by atoms with E-state index in [2.05, 4.69) is 5.32 Å². The third-order valence-electron chi connectivity index (χ3n) is 4.93. The Labute approximate surface area is 197 Å². The third kappa shape index (κ3) is 6.67. The molecule has 3 rings (SSSR count). The van der Waals surface area contributed by atoms with Crippen molar-refractivity contribution in [2.75, 3.05) is 6.61 Å². The first kappa shape index (κ1) is 24.0. The summed E-state index contributed by atoms with van der Waals surface area (Å²) in [5.41, 5.74) is 1.64. The first-order valence-corrected chi connectivity index (χ1v) is 10.9. The number of benzene rings is 3. The smallest absolute Gasteiger partial charge is 0.407 e. The van der Waals surface area contributed by atoms with Crippen molar-refractivity contribution in [2.24, 2.45) is 5.92 Å². The van der Waals surface area contributed by atoms with Crippen LogP contribution in [0.15, 0.2) is 84.9 Å². The molecular weight excluding hydrogens is 442 g/mol. The van der Waals surface area contributed by atoms with E-state index in [0.717, 1.165) is 5.56 Å². The molecule has 0 fully saturated rings. The van der Waals surface area contributed by atoms with E-state index in [1.807, 2.05) is 30.3 Å². The monoisotopic (exact) mass is 465 g/mol. The van der Waals surface area contributed by atoms with E-state index < -0.39 is 29.8 Å². The van der Waals surface area contributed by atoms with Gasteiger partial charge in [-0.3, -0.25) is 9.59 Å². The molecule has 2 unspecified atom stereocenters. The summed E-state index contributed by atoms with van der Waals surface area (Å²) in [6, 6.07) is 23.1. The quantitative estimate of drug-likeness (QED) is 0.261. The van der Waals surface area contributed by atoms with E-state index in [0.29, 0.717) is 16.1 Å². The molecule has 6 nitrogen and oxygen atoms in total. The average Bonchev–Trinajstić information content (AvgIpc) is 2.84. The minimum atomic E-state index is -1.32. The summed E-state index contributed by atoms with van der Waals surface area (Å²) >= 11 is 6.02. The first-order valence-electron chi connectivity index (χ1n) is 10.5. The number of ether oxygens (including phenoxy) is 2. The number of rotatable bonds is 9. The average molecular weight is 466 g/mol. The summed E-state index contributed by atoms with van der Waals surface area (Å²) in [6.45, 7) is 1.78. The van der Waals surface area contributed by atoms with Crippen molar-refractivity contribution in [3.8, 4) is 0 Å². The number of carbonyl (C=O) groups excluding carboxylic acids is 3. The fourth-order valence-electron chi connectivity index (χ4n) is 3.33. The molecule has 0 spiro atoms. The number of esters is 1. The van der Waals surface area contributed by atoms with Crippen molar-refractivity contribution in [3.63, 3.8) is 0 Å². The molecule has 170 valence electrons. The number of ketones is 1. The summed E-state index contributed by atoms with van der Waals surface area (Å²) in [5.74, 6) is -2.54. The van der Waals surface area contributed by atoms with Crippen molar-refractivity contribution in [3.05, 3.63) is 107 Å². The van der Waals surface area contributed by atoms with Crippen molar-refractivity contribution >= 4 is 29.4 Å². The molecule has 0 aliphatic carbocycles. The molecule has 0 aliphatic rings. The topological polar surface area (TPSA) is 81.7 Å². The summed E-state index contributed by atoms with van der Waals surface area (Å²) in [7, 11) is 0. The van der Waals surface area contributed by atoms with E-state index in [1.54, 1.807) is 61.5 Å². The molecule has 1 N–H and O–H groups in total. The second-order valence-corrected chi connectivity index (χ2v) is 7.63. The van der Waals surface area contributed by atoms with Crippen LogP contribution in [0, 0.1) is 5.92 Å². The molecule has 0 aliphatic heterocycles. The van der Waals surface area contributed by atoms with Crippen LogP contribution in [0.4, 0.5) is 4.79 Å². The molecule has 7 heteroatoms. The van der Waals surface area contributed by atoms with E-state index >= 15 is 0 Å². The zero-order valence-corrected chi connectivity index (χ0v) is 18.8. The maximum Gasteiger partial charge on any atom is 0.407 e. The Morgan fingerprint density at radius 2 is 1.45 bits per heavy atom. The van der Waals surface area contributed by atoms with Crippen LogP contribution in [0.2, 0.25) is 5.02 Å². The summed E-state index contributed by atoms with van der Waals surface area (Å²) in [4.78, 5) is 39.0. The van der Waals surface area contributed by atoms with E-state index in [1.165, 1.54) is 0 Å². The second kappa shape index (κ2) is 11.8. The third-order valence-corrected chi connectivity index (χ3v) is 5.18. The molecular formula is C26H24ClNO5. The zero-order chi connectivity index (χ0) is 23.6. The van der Waals surface area contributed by atoms with Crippen molar-refractivity contribution in [2.45, 2.75) is 19.6 Å². The summed E-state index contributed by atoms with van der Waals surface area (Å²) in [5, 5.41) is 3.17. The van der Waals surface area contributed by atoms with Crippen LogP contribution in [0.3, 0.4) is 0 Å². The second-order valence-electron chi connectivity index (χ2n) is 7.20. The Bertz CT molecular complexity index is 1070. The summed E-state index contributed by atoms with van der Waals surface area (Å²) < 4.78 is 10.5. The maximum absolute atomic E-state index is 13.4. The fourth-order valence-corrected chi connectivity index (χ4v) is 3.46. The lowest BCUT2D eigenvalue weighted by Crippen LogP contribution is -2.41. The van der Waals surface area contributed by atoms with Gasteiger partial charge in [-0.1, -0.05) is 84.4 Å². The molecule has 2 atom stereocenters. The van der Waals surface area contributed by atoms with Gasteiger partial charge in [0, 0.05) is 10.6 Å². The van der Waals surface area contributed by atoms with Crippen LogP contribution in [0.1, 0.15) is 34.5 Å². The van der Waals surface area contributed by atoms with Gasteiger partial charge in [-0.15, -0.1) is 0 Å². The highest BCUT2D eigenvalue weighted by molar-refractivity contribution is 6.30. The highest BCUT2D eigenvalue weighted by Gasteiger charge is 2.39. The number of nitrogens with one attached hydrogen (secondary N) is 1. The van der Waals surface area contributed by atoms with Crippen LogP contribution in [-0.4, -0.2) is 24.5 Å². The molecule has 0 saturated carbocycles.